The van der Waals surface area contributed by atoms with E-state index in [2.05, 4.69) is 11.5 Å². The van der Waals surface area contributed by atoms with Crippen LogP contribution in [-0.2, 0) is 6.54 Å². The van der Waals surface area contributed by atoms with Gasteiger partial charge in [-0.3, -0.25) is 0 Å². The second-order valence-electron chi connectivity index (χ2n) is 3.50. The molecular weight excluding hydrogens is 162 g/mol. The van der Waals surface area contributed by atoms with Gasteiger partial charge in [0, 0.05) is 32.4 Å². The first kappa shape index (κ1) is 10.0. The van der Waals surface area contributed by atoms with Crippen LogP contribution in [0, 0.1) is 13.8 Å². The van der Waals surface area contributed by atoms with E-state index < -0.39 is 0 Å². The van der Waals surface area contributed by atoms with Crippen LogP contribution in [0.2, 0.25) is 0 Å². The Morgan fingerprint density at radius 2 is 1.77 bits per heavy atom. The lowest BCUT2D eigenvalue weighted by Gasteiger charge is -2.03. The molecule has 0 atom stereocenters. The fourth-order valence-corrected chi connectivity index (χ4v) is 1.57. The van der Waals surface area contributed by atoms with Crippen molar-refractivity contribution in [3.05, 3.63) is 23.5 Å². The summed E-state index contributed by atoms with van der Waals surface area (Å²) in [5.41, 5.74) is 2.26. The number of pyridine rings is 1. The van der Waals surface area contributed by atoms with Crippen molar-refractivity contribution in [2.24, 2.45) is 0 Å². The molecule has 1 N–H and O–H groups in total. The summed E-state index contributed by atoms with van der Waals surface area (Å²) < 4.78 is 2.24. The summed E-state index contributed by atoms with van der Waals surface area (Å²) in [5.74, 6) is 0.364. The highest BCUT2D eigenvalue weighted by atomic mass is 16.3. The van der Waals surface area contributed by atoms with E-state index in [0.717, 1.165) is 17.9 Å². The van der Waals surface area contributed by atoms with E-state index in [-0.39, 0.29) is 0 Å². The van der Waals surface area contributed by atoms with E-state index in [0.29, 0.717) is 5.75 Å². The van der Waals surface area contributed by atoms with E-state index >= 15 is 0 Å². The van der Waals surface area contributed by atoms with Crippen molar-refractivity contribution in [1.29, 1.82) is 0 Å². The van der Waals surface area contributed by atoms with Crippen LogP contribution in [0.15, 0.2) is 12.1 Å². The van der Waals surface area contributed by atoms with Gasteiger partial charge in [0.2, 0.25) is 0 Å². The molecule has 0 aliphatic heterocycles. The molecule has 0 fully saturated rings. The first-order chi connectivity index (χ1) is 6.15. The molecule has 0 unspecified atom stereocenters. The van der Waals surface area contributed by atoms with Gasteiger partial charge in [-0.1, -0.05) is 13.3 Å². The number of aromatic nitrogens is 1. The third-order valence-electron chi connectivity index (χ3n) is 2.30. The molecule has 0 aliphatic rings. The molecule has 1 rings (SSSR count). The van der Waals surface area contributed by atoms with Crippen LogP contribution in [0.5, 0.6) is 5.75 Å². The molecule has 1 aromatic heterocycles. The third kappa shape index (κ3) is 2.44. The minimum Gasteiger partial charge on any atom is -0.507 e. The monoisotopic (exact) mass is 180 g/mol. The van der Waals surface area contributed by atoms with Crippen molar-refractivity contribution >= 4 is 0 Å². The van der Waals surface area contributed by atoms with Gasteiger partial charge in [0.15, 0.2) is 11.4 Å². The average molecular weight is 180 g/mol. The standard InChI is InChI=1S/C11H17NO/c1-4-5-6-12-9(2)7-11(13)8-10(12)3/h7-8H,4-6H2,1-3H3/p+1. The van der Waals surface area contributed by atoms with Gasteiger partial charge in [-0.15, -0.1) is 0 Å². The number of aryl methyl sites for hydroxylation is 2. The minimum atomic E-state index is 0.364. The van der Waals surface area contributed by atoms with Crippen molar-refractivity contribution in [3.8, 4) is 5.75 Å². The van der Waals surface area contributed by atoms with Crippen LogP contribution < -0.4 is 4.57 Å². The number of aromatic hydroxyl groups is 1. The lowest BCUT2D eigenvalue weighted by Crippen LogP contribution is -2.40. The summed E-state index contributed by atoms with van der Waals surface area (Å²) in [6, 6.07) is 3.62. The van der Waals surface area contributed by atoms with Gasteiger partial charge in [-0.05, 0) is 0 Å². The molecule has 0 saturated carbocycles. The van der Waals surface area contributed by atoms with Gasteiger partial charge in [0.25, 0.3) is 0 Å². The molecule has 1 heterocycles. The van der Waals surface area contributed by atoms with E-state index in [1.165, 1.54) is 12.8 Å². The SMILES string of the molecule is CCCC[n+]1c(C)cc(O)cc1C. The maximum absolute atomic E-state index is 9.33. The molecule has 0 aromatic carbocycles. The van der Waals surface area contributed by atoms with E-state index in [4.69, 9.17) is 0 Å². The van der Waals surface area contributed by atoms with Crippen molar-refractivity contribution in [1.82, 2.24) is 0 Å². The fraction of sp³-hybridized carbons (Fsp3) is 0.545. The summed E-state index contributed by atoms with van der Waals surface area (Å²) >= 11 is 0. The zero-order valence-corrected chi connectivity index (χ0v) is 8.67. The quantitative estimate of drug-likeness (QED) is 0.708. The molecule has 72 valence electrons. The Kier molecular flexibility index (Phi) is 3.29. The first-order valence-corrected chi connectivity index (χ1v) is 4.85. The number of rotatable bonds is 3. The number of hydrogen-bond donors (Lipinski definition) is 1. The zero-order chi connectivity index (χ0) is 9.84. The van der Waals surface area contributed by atoms with Crippen molar-refractivity contribution in [2.45, 2.75) is 40.2 Å². The Labute approximate surface area is 79.8 Å². The lowest BCUT2D eigenvalue weighted by atomic mass is 10.2. The van der Waals surface area contributed by atoms with Gasteiger partial charge in [-0.25, -0.2) is 4.57 Å². The fourth-order valence-electron chi connectivity index (χ4n) is 1.57. The molecule has 0 bridgehead atoms. The van der Waals surface area contributed by atoms with Gasteiger partial charge in [0.05, 0.1) is 0 Å². The second kappa shape index (κ2) is 4.26. The average Bonchev–Trinajstić information content (AvgIpc) is 2.02. The highest BCUT2D eigenvalue weighted by Crippen LogP contribution is 2.09. The molecule has 1 aromatic rings. The molecule has 0 radical (unpaired) electrons. The van der Waals surface area contributed by atoms with Crippen molar-refractivity contribution < 1.29 is 9.67 Å². The van der Waals surface area contributed by atoms with Crippen LogP contribution in [0.25, 0.3) is 0 Å². The maximum atomic E-state index is 9.33. The van der Waals surface area contributed by atoms with E-state index in [1.807, 2.05) is 26.0 Å². The predicted octanol–water partition coefficient (Wildman–Crippen LogP) is 2.10. The summed E-state index contributed by atoms with van der Waals surface area (Å²) in [6.07, 6.45) is 2.39. The molecule has 2 nitrogen and oxygen atoms in total. The highest BCUT2D eigenvalue weighted by Gasteiger charge is 2.10. The summed E-state index contributed by atoms with van der Waals surface area (Å²) in [7, 11) is 0. The topological polar surface area (TPSA) is 24.1 Å². The molecule has 0 spiro atoms. The number of unbranched alkanes of at least 4 members (excludes halogenated alkanes) is 1. The molecule has 0 aliphatic carbocycles. The van der Waals surface area contributed by atoms with Crippen LogP contribution >= 0.6 is 0 Å². The second-order valence-corrected chi connectivity index (χ2v) is 3.50. The Bertz CT molecular complexity index is 271. The Hall–Kier alpha value is -1.05. The Balaban J connectivity index is 2.92. The van der Waals surface area contributed by atoms with Crippen LogP contribution in [0.1, 0.15) is 31.2 Å². The van der Waals surface area contributed by atoms with Crippen LogP contribution in [0.4, 0.5) is 0 Å². The number of hydrogen-bond acceptors (Lipinski definition) is 1. The summed E-state index contributed by atoms with van der Waals surface area (Å²) in [6.45, 7) is 7.30. The molecule has 0 amide bonds. The Morgan fingerprint density at radius 3 is 2.23 bits per heavy atom. The van der Waals surface area contributed by atoms with Crippen LogP contribution in [-0.4, -0.2) is 5.11 Å². The van der Waals surface area contributed by atoms with Gasteiger partial charge >= 0.3 is 0 Å². The smallest absolute Gasteiger partial charge is 0.182 e. The molecule has 0 saturated heterocycles. The first-order valence-electron chi connectivity index (χ1n) is 4.85. The van der Waals surface area contributed by atoms with Crippen LogP contribution in [0.3, 0.4) is 0 Å². The molecular formula is C11H18NO+. The van der Waals surface area contributed by atoms with Gasteiger partial charge in [-0.2, -0.15) is 0 Å². The highest BCUT2D eigenvalue weighted by molar-refractivity contribution is 5.20. The van der Waals surface area contributed by atoms with E-state index in [1.54, 1.807) is 0 Å². The molecule has 2 heteroatoms. The maximum Gasteiger partial charge on any atom is 0.182 e. The normalized spacial score (nSPS) is 10.4. The largest absolute Gasteiger partial charge is 0.507 e. The third-order valence-corrected chi connectivity index (χ3v) is 2.30. The predicted molar refractivity (Wildman–Crippen MR) is 52.7 cm³/mol. The van der Waals surface area contributed by atoms with Gasteiger partial charge < -0.3 is 5.11 Å². The van der Waals surface area contributed by atoms with Crippen molar-refractivity contribution in [3.63, 3.8) is 0 Å². The van der Waals surface area contributed by atoms with E-state index in [9.17, 15) is 5.11 Å². The number of nitrogens with zero attached hydrogens (tertiary/aromatic N) is 1. The summed E-state index contributed by atoms with van der Waals surface area (Å²) in [4.78, 5) is 0. The zero-order valence-electron chi connectivity index (χ0n) is 8.67. The Morgan fingerprint density at radius 1 is 1.23 bits per heavy atom. The van der Waals surface area contributed by atoms with Crippen molar-refractivity contribution in [2.75, 3.05) is 0 Å². The van der Waals surface area contributed by atoms with Gasteiger partial charge in [0.1, 0.15) is 12.3 Å². The molecule has 13 heavy (non-hydrogen) atoms. The minimum absolute atomic E-state index is 0.364. The summed E-state index contributed by atoms with van der Waals surface area (Å²) in [5, 5.41) is 9.33. The lowest BCUT2D eigenvalue weighted by molar-refractivity contribution is -0.708.